The van der Waals surface area contributed by atoms with Crippen LogP contribution in [0.4, 0.5) is 5.13 Å². The van der Waals surface area contributed by atoms with Crippen LogP contribution < -0.4 is 14.8 Å². The number of ether oxygens (including phenoxy) is 2. The van der Waals surface area contributed by atoms with Crippen LogP contribution in [0.25, 0.3) is 11.3 Å². The highest BCUT2D eigenvalue weighted by Gasteiger charge is 2.10. The second-order valence-electron chi connectivity index (χ2n) is 6.33. The maximum atomic E-state index is 12.2. The number of hydrogen-bond donors (Lipinski definition) is 1. The van der Waals surface area contributed by atoms with Crippen molar-refractivity contribution in [2.75, 3.05) is 19.0 Å². The lowest BCUT2D eigenvalue weighted by atomic mass is 10.0. The van der Waals surface area contributed by atoms with Gasteiger partial charge in [-0.2, -0.15) is 0 Å². The molecule has 1 heterocycles. The van der Waals surface area contributed by atoms with Gasteiger partial charge in [-0.1, -0.05) is 38.1 Å². The first kappa shape index (κ1) is 18.9. The lowest BCUT2D eigenvalue weighted by Gasteiger charge is -2.09. The number of carbonyl (C=O) groups excluding carboxylic acids is 1. The van der Waals surface area contributed by atoms with Crippen molar-refractivity contribution in [1.29, 1.82) is 0 Å². The molecule has 3 rings (SSSR count). The predicted octanol–water partition coefficient (Wildman–Crippen LogP) is 4.96. The highest BCUT2D eigenvalue weighted by Crippen LogP contribution is 2.27. The topological polar surface area (TPSA) is 60.5 Å². The molecule has 0 saturated heterocycles. The van der Waals surface area contributed by atoms with Crippen molar-refractivity contribution in [1.82, 2.24) is 4.98 Å². The van der Waals surface area contributed by atoms with E-state index >= 15 is 0 Å². The van der Waals surface area contributed by atoms with Gasteiger partial charge in [0.15, 0.2) is 11.7 Å². The number of hydrogen-bond acceptors (Lipinski definition) is 5. The van der Waals surface area contributed by atoms with Gasteiger partial charge in [-0.3, -0.25) is 10.1 Å². The van der Waals surface area contributed by atoms with E-state index in [1.165, 1.54) is 16.9 Å². The van der Waals surface area contributed by atoms with Gasteiger partial charge in [-0.25, -0.2) is 4.98 Å². The second-order valence-corrected chi connectivity index (χ2v) is 7.19. The summed E-state index contributed by atoms with van der Waals surface area (Å²) in [6.45, 7) is 4.18. The lowest BCUT2D eigenvalue weighted by Crippen LogP contribution is -2.20. The Labute approximate surface area is 163 Å². The monoisotopic (exact) mass is 382 g/mol. The molecule has 0 atom stereocenters. The summed E-state index contributed by atoms with van der Waals surface area (Å²) in [6.07, 6.45) is 0. The van der Waals surface area contributed by atoms with Gasteiger partial charge >= 0.3 is 0 Å². The summed E-state index contributed by atoms with van der Waals surface area (Å²) in [4.78, 5) is 16.6. The van der Waals surface area contributed by atoms with Crippen LogP contribution in [-0.4, -0.2) is 24.6 Å². The van der Waals surface area contributed by atoms with E-state index in [9.17, 15) is 4.79 Å². The molecule has 1 aromatic heterocycles. The van der Waals surface area contributed by atoms with Crippen molar-refractivity contribution in [2.24, 2.45) is 0 Å². The molecule has 0 saturated carbocycles. The Kier molecular flexibility index (Phi) is 6.08. The van der Waals surface area contributed by atoms with Crippen LogP contribution in [0.3, 0.4) is 0 Å². The summed E-state index contributed by atoms with van der Waals surface area (Å²) in [5, 5.41) is 5.22. The number of thiazole rings is 1. The zero-order chi connectivity index (χ0) is 19.2. The molecule has 140 valence electrons. The van der Waals surface area contributed by atoms with E-state index in [-0.39, 0.29) is 12.5 Å². The fourth-order valence-corrected chi connectivity index (χ4v) is 3.25. The summed E-state index contributed by atoms with van der Waals surface area (Å²) < 4.78 is 10.8. The molecule has 1 amide bonds. The van der Waals surface area contributed by atoms with Crippen LogP contribution in [0.15, 0.2) is 53.9 Å². The highest BCUT2D eigenvalue weighted by atomic mass is 32.1. The second kappa shape index (κ2) is 8.68. The Morgan fingerprint density at radius 3 is 2.70 bits per heavy atom. The largest absolute Gasteiger partial charge is 0.497 e. The number of amides is 1. The summed E-state index contributed by atoms with van der Waals surface area (Å²) in [5.74, 6) is 1.62. The fourth-order valence-electron chi connectivity index (χ4n) is 2.51. The van der Waals surface area contributed by atoms with Crippen molar-refractivity contribution in [2.45, 2.75) is 19.8 Å². The first-order chi connectivity index (χ1) is 13.0. The van der Waals surface area contributed by atoms with Crippen molar-refractivity contribution in [3.63, 3.8) is 0 Å². The molecular formula is C21H22N2O3S. The predicted molar refractivity (Wildman–Crippen MR) is 109 cm³/mol. The highest BCUT2D eigenvalue weighted by molar-refractivity contribution is 7.14. The van der Waals surface area contributed by atoms with Gasteiger partial charge in [-0.15, -0.1) is 11.3 Å². The van der Waals surface area contributed by atoms with Crippen LogP contribution in [-0.2, 0) is 4.79 Å². The minimum atomic E-state index is -0.239. The molecule has 0 fully saturated rings. The van der Waals surface area contributed by atoms with Gasteiger partial charge in [0.2, 0.25) is 0 Å². The van der Waals surface area contributed by atoms with Crippen molar-refractivity contribution < 1.29 is 14.3 Å². The summed E-state index contributed by atoms with van der Waals surface area (Å²) in [6, 6.07) is 15.4. The summed E-state index contributed by atoms with van der Waals surface area (Å²) in [5.41, 5.74) is 2.91. The Bertz CT molecular complexity index is 921. The number of rotatable bonds is 7. The third-order valence-corrected chi connectivity index (χ3v) is 4.77. The quantitative estimate of drug-likeness (QED) is 0.627. The summed E-state index contributed by atoms with van der Waals surface area (Å²) in [7, 11) is 1.63. The SMILES string of the molecule is COc1cccc(-c2csc(NC(=O)COc3cccc(C(C)C)c3)n2)c1. The van der Waals surface area contributed by atoms with Crippen molar-refractivity contribution >= 4 is 22.4 Å². The third kappa shape index (κ3) is 5.08. The molecule has 6 heteroatoms. The number of nitrogens with one attached hydrogen (secondary N) is 1. The van der Waals surface area contributed by atoms with E-state index in [2.05, 4.69) is 24.1 Å². The first-order valence-electron chi connectivity index (χ1n) is 8.67. The van der Waals surface area contributed by atoms with Crippen molar-refractivity contribution in [3.8, 4) is 22.8 Å². The third-order valence-electron chi connectivity index (χ3n) is 4.01. The average molecular weight is 382 g/mol. The molecule has 0 aliphatic heterocycles. The molecule has 1 N–H and O–H groups in total. The van der Waals surface area contributed by atoms with Gasteiger partial charge in [-0.05, 0) is 35.7 Å². The van der Waals surface area contributed by atoms with E-state index in [1.807, 2.05) is 53.9 Å². The number of methoxy groups -OCH3 is 1. The zero-order valence-corrected chi connectivity index (χ0v) is 16.4. The van der Waals surface area contributed by atoms with E-state index in [0.717, 1.165) is 17.0 Å². The molecular weight excluding hydrogens is 360 g/mol. The number of carbonyl (C=O) groups is 1. The van der Waals surface area contributed by atoms with E-state index in [0.29, 0.717) is 16.8 Å². The van der Waals surface area contributed by atoms with Crippen molar-refractivity contribution in [3.05, 3.63) is 59.5 Å². The lowest BCUT2D eigenvalue weighted by molar-refractivity contribution is -0.118. The van der Waals surface area contributed by atoms with Gasteiger partial charge < -0.3 is 9.47 Å². The van der Waals surface area contributed by atoms with Gasteiger partial charge in [0.1, 0.15) is 11.5 Å². The van der Waals surface area contributed by atoms with E-state index in [1.54, 1.807) is 7.11 Å². The molecule has 0 spiro atoms. The van der Waals surface area contributed by atoms with Gasteiger partial charge in [0.25, 0.3) is 5.91 Å². The molecule has 0 aliphatic rings. The number of anilines is 1. The number of aromatic nitrogens is 1. The van der Waals surface area contributed by atoms with Crippen LogP contribution in [0.1, 0.15) is 25.3 Å². The normalized spacial score (nSPS) is 10.7. The number of benzene rings is 2. The molecule has 5 nitrogen and oxygen atoms in total. The molecule has 0 bridgehead atoms. The minimum absolute atomic E-state index is 0.0599. The van der Waals surface area contributed by atoms with Gasteiger partial charge in [0, 0.05) is 10.9 Å². The molecule has 0 radical (unpaired) electrons. The molecule has 2 aromatic carbocycles. The standard InChI is InChI=1S/C21H22N2O3S/c1-14(2)15-6-4-9-18(10-15)26-12-20(24)23-21-22-19(13-27-21)16-7-5-8-17(11-16)25-3/h4-11,13-14H,12H2,1-3H3,(H,22,23,24). The Balaban J connectivity index is 1.58. The Morgan fingerprint density at radius 2 is 1.93 bits per heavy atom. The van der Waals surface area contributed by atoms with Crippen LogP contribution in [0.2, 0.25) is 0 Å². The minimum Gasteiger partial charge on any atom is -0.497 e. The first-order valence-corrected chi connectivity index (χ1v) is 9.55. The van der Waals surface area contributed by atoms with Gasteiger partial charge in [0.05, 0.1) is 12.8 Å². The maximum absolute atomic E-state index is 12.2. The average Bonchev–Trinajstić information content (AvgIpc) is 3.15. The molecule has 3 aromatic rings. The Morgan fingerprint density at radius 1 is 1.15 bits per heavy atom. The molecule has 0 aliphatic carbocycles. The molecule has 0 unspecified atom stereocenters. The summed E-state index contributed by atoms with van der Waals surface area (Å²) >= 11 is 1.37. The van der Waals surface area contributed by atoms with E-state index in [4.69, 9.17) is 9.47 Å². The van der Waals surface area contributed by atoms with Crippen LogP contribution in [0, 0.1) is 0 Å². The Hall–Kier alpha value is -2.86. The van der Waals surface area contributed by atoms with Crippen LogP contribution >= 0.6 is 11.3 Å². The number of nitrogens with zero attached hydrogens (tertiary/aromatic N) is 1. The fraction of sp³-hybridized carbons (Fsp3) is 0.238. The van der Waals surface area contributed by atoms with Crippen LogP contribution in [0.5, 0.6) is 11.5 Å². The van der Waals surface area contributed by atoms with E-state index < -0.39 is 0 Å². The zero-order valence-electron chi connectivity index (χ0n) is 15.6. The molecule has 27 heavy (non-hydrogen) atoms. The maximum Gasteiger partial charge on any atom is 0.264 e. The smallest absolute Gasteiger partial charge is 0.264 e.